The summed E-state index contributed by atoms with van der Waals surface area (Å²) in [5, 5.41) is 0. The van der Waals surface area contributed by atoms with Crippen LogP contribution in [0.2, 0.25) is 0 Å². The monoisotopic (exact) mass is 572 g/mol. The number of methoxy groups -OCH3 is 1. The van der Waals surface area contributed by atoms with Gasteiger partial charge < -0.3 is 9.47 Å². The lowest BCUT2D eigenvalue weighted by Gasteiger charge is -2.41. The third kappa shape index (κ3) is 4.99. The molecule has 0 bridgehead atoms. The summed E-state index contributed by atoms with van der Waals surface area (Å²) >= 11 is 9.11. The number of ketones is 1. The molecule has 1 atom stereocenters. The molecule has 39 heavy (non-hydrogen) atoms. The molecule has 1 aliphatic heterocycles. The highest BCUT2D eigenvalue weighted by atomic mass is 32.2. The van der Waals surface area contributed by atoms with Gasteiger partial charge in [-0.15, -0.1) is 0 Å². The maximum absolute atomic E-state index is 14.0. The van der Waals surface area contributed by atoms with Gasteiger partial charge in [-0.05, 0) is 35.7 Å². The number of ether oxygens (including phenoxy) is 2. The number of allylic oxidation sites excluding steroid dienone is 1. The van der Waals surface area contributed by atoms with Crippen molar-refractivity contribution in [1.29, 1.82) is 0 Å². The van der Waals surface area contributed by atoms with Crippen LogP contribution in [0.5, 0.6) is 5.75 Å². The fourth-order valence-electron chi connectivity index (χ4n) is 5.08. The van der Waals surface area contributed by atoms with Crippen molar-refractivity contribution < 1.29 is 19.1 Å². The topological polar surface area (TPSA) is 52.6 Å². The molecule has 0 amide bonds. The second-order valence-corrected chi connectivity index (χ2v) is 12.5. The summed E-state index contributed by atoms with van der Waals surface area (Å²) in [6, 6.07) is 25.1. The van der Waals surface area contributed by atoms with Gasteiger partial charge in [-0.2, -0.15) is 0 Å². The highest BCUT2D eigenvalue weighted by molar-refractivity contribution is 8.32. The Morgan fingerprint density at radius 3 is 2.26 bits per heavy atom. The zero-order valence-corrected chi connectivity index (χ0v) is 24.6. The SMILES string of the molecule is CCOc1ccc2c(c1)C(C(=O)c1ccccc1)C(C)(C)C(=S)C2=C1SC(C(=O)OC)=C(c2ccccc2)S1. The summed E-state index contributed by atoms with van der Waals surface area (Å²) in [4.78, 5) is 29.0. The van der Waals surface area contributed by atoms with E-state index in [2.05, 4.69) is 0 Å². The molecule has 1 heterocycles. The maximum Gasteiger partial charge on any atom is 0.345 e. The first kappa shape index (κ1) is 27.4. The smallest absolute Gasteiger partial charge is 0.345 e. The average Bonchev–Trinajstić information content (AvgIpc) is 3.39. The highest BCUT2D eigenvalue weighted by Gasteiger charge is 2.48. The molecule has 0 saturated carbocycles. The molecule has 2 aliphatic rings. The van der Waals surface area contributed by atoms with Gasteiger partial charge in [-0.1, -0.05) is 116 Å². The van der Waals surface area contributed by atoms with E-state index in [0.29, 0.717) is 27.7 Å². The Morgan fingerprint density at radius 2 is 1.62 bits per heavy atom. The van der Waals surface area contributed by atoms with Crippen LogP contribution >= 0.6 is 35.7 Å². The van der Waals surface area contributed by atoms with Gasteiger partial charge in [-0.3, -0.25) is 4.79 Å². The van der Waals surface area contributed by atoms with Crippen molar-refractivity contribution in [3.8, 4) is 5.75 Å². The van der Waals surface area contributed by atoms with Gasteiger partial charge in [0, 0.05) is 26.3 Å². The Balaban J connectivity index is 1.70. The Morgan fingerprint density at radius 1 is 0.949 bits per heavy atom. The van der Waals surface area contributed by atoms with Gasteiger partial charge in [0.1, 0.15) is 10.7 Å². The number of rotatable bonds is 6. The summed E-state index contributed by atoms with van der Waals surface area (Å²) in [5.41, 5.74) is 3.57. The zero-order chi connectivity index (χ0) is 27.7. The molecule has 198 valence electrons. The van der Waals surface area contributed by atoms with Gasteiger partial charge in [0.2, 0.25) is 0 Å². The molecule has 0 fully saturated rings. The molecular formula is C32H28O4S3. The number of thioether (sulfide) groups is 2. The van der Waals surface area contributed by atoms with Crippen LogP contribution in [-0.2, 0) is 9.53 Å². The number of Topliss-reactive ketones (excluding diaryl/α,β-unsaturated/α-hetero) is 1. The van der Waals surface area contributed by atoms with Crippen LogP contribution in [0, 0.1) is 5.41 Å². The number of carbonyl (C=O) groups is 2. The van der Waals surface area contributed by atoms with Crippen LogP contribution in [-0.4, -0.2) is 30.3 Å². The number of benzene rings is 3. The number of thiocarbonyl (C=S) groups is 1. The molecule has 5 rings (SSSR count). The van der Waals surface area contributed by atoms with Crippen molar-refractivity contribution >= 4 is 62.8 Å². The van der Waals surface area contributed by atoms with Crippen LogP contribution in [0.3, 0.4) is 0 Å². The van der Waals surface area contributed by atoms with Crippen molar-refractivity contribution in [3.05, 3.63) is 110 Å². The number of fused-ring (bicyclic) bond motifs is 1. The summed E-state index contributed by atoms with van der Waals surface area (Å²) in [5.74, 6) is -0.149. The standard InChI is InChI=1S/C32H28O4S3/c1-5-36-21-16-17-22-23(18-21)25(26(33)19-12-8-6-9-13-19)32(2,3)29(37)24(22)31-38-27(20-14-10-7-11-15-20)28(39-31)30(34)35-4/h6-18,25H,5H2,1-4H3. The van der Waals surface area contributed by atoms with Gasteiger partial charge in [0.05, 0.1) is 23.9 Å². The largest absolute Gasteiger partial charge is 0.494 e. The normalized spacial score (nSPS) is 20.0. The Labute approximate surface area is 242 Å². The van der Waals surface area contributed by atoms with Crippen molar-refractivity contribution in [2.75, 3.05) is 13.7 Å². The number of carbonyl (C=O) groups excluding carboxylic acids is 2. The third-order valence-corrected chi connectivity index (χ3v) is 10.3. The second kappa shape index (κ2) is 11.2. The van der Waals surface area contributed by atoms with Crippen LogP contribution < -0.4 is 4.74 Å². The predicted molar refractivity (Wildman–Crippen MR) is 165 cm³/mol. The highest BCUT2D eigenvalue weighted by Crippen LogP contribution is 2.60. The first-order chi connectivity index (χ1) is 18.8. The van der Waals surface area contributed by atoms with Gasteiger partial charge in [0.25, 0.3) is 0 Å². The molecule has 3 aromatic carbocycles. The van der Waals surface area contributed by atoms with Gasteiger partial charge in [-0.25, -0.2) is 4.79 Å². The van der Waals surface area contributed by atoms with Gasteiger partial charge >= 0.3 is 5.97 Å². The van der Waals surface area contributed by atoms with E-state index < -0.39 is 11.3 Å². The molecule has 0 saturated heterocycles. The Hall–Kier alpha value is -3.13. The number of hydrogen-bond acceptors (Lipinski definition) is 7. The Kier molecular flexibility index (Phi) is 7.85. The minimum atomic E-state index is -0.676. The lowest BCUT2D eigenvalue weighted by atomic mass is 9.62. The molecular weight excluding hydrogens is 545 g/mol. The van der Waals surface area contributed by atoms with Crippen LogP contribution in [0.1, 0.15) is 53.7 Å². The Bertz CT molecular complexity index is 1520. The molecule has 0 radical (unpaired) electrons. The summed E-state index contributed by atoms with van der Waals surface area (Å²) < 4.78 is 11.9. The molecule has 4 nitrogen and oxygen atoms in total. The molecule has 0 spiro atoms. The van der Waals surface area contributed by atoms with Crippen molar-refractivity contribution in [2.45, 2.75) is 26.7 Å². The first-order valence-electron chi connectivity index (χ1n) is 12.7. The molecule has 0 N–H and O–H groups in total. The molecule has 7 heteroatoms. The maximum atomic E-state index is 14.0. The van der Waals surface area contributed by atoms with Crippen molar-refractivity contribution in [2.24, 2.45) is 5.41 Å². The van der Waals surface area contributed by atoms with Crippen molar-refractivity contribution in [1.82, 2.24) is 0 Å². The minimum Gasteiger partial charge on any atom is -0.494 e. The van der Waals surface area contributed by atoms with Crippen LogP contribution in [0.25, 0.3) is 10.5 Å². The summed E-state index contributed by atoms with van der Waals surface area (Å²) in [6.07, 6.45) is 0. The predicted octanol–water partition coefficient (Wildman–Crippen LogP) is 8.15. The second-order valence-electron chi connectivity index (χ2n) is 9.78. The fraction of sp³-hybridized carbons (Fsp3) is 0.219. The van der Waals surface area contributed by atoms with Crippen LogP contribution in [0.4, 0.5) is 0 Å². The zero-order valence-electron chi connectivity index (χ0n) is 22.1. The van der Waals surface area contributed by atoms with E-state index in [4.69, 9.17) is 21.7 Å². The molecule has 0 aromatic heterocycles. The van der Waals surface area contributed by atoms with E-state index in [9.17, 15) is 9.59 Å². The number of hydrogen-bond donors (Lipinski definition) is 0. The van der Waals surface area contributed by atoms with E-state index in [1.54, 1.807) is 0 Å². The van der Waals surface area contributed by atoms with E-state index in [1.807, 2.05) is 99.6 Å². The van der Waals surface area contributed by atoms with Crippen molar-refractivity contribution in [3.63, 3.8) is 0 Å². The third-order valence-electron chi connectivity index (χ3n) is 6.98. The average molecular weight is 573 g/mol. The summed E-state index contributed by atoms with van der Waals surface area (Å²) in [7, 11) is 1.40. The summed E-state index contributed by atoms with van der Waals surface area (Å²) in [6.45, 7) is 6.53. The van der Waals surface area contributed by atoms with E-state index in [-0.39, 0.29) is 11.8 Å². The molecule has 3 aromatic rings. The minimum absolute atomic E-state index is 0.0203. The number of esters is 1. The quantitative estimate of drug-likeness (QED) is 0.128. The van der Waals surface area contributed by atoms with E-state index >= 15 is 0 Å². The lowest BCUT2D eigenvalue weighted by Crippen LogP contribution is -2.40. The van der Waals surface area contributed by atoms with Gasteiger partial charge in [0.15, 0.2) is 5.78 Å². The molecule has 1 unspecified atom stereocenters. The van der Waals surface area contributed by atoms with Crippen LogP contribution in [0.15, 0.2) is 88.0 Å². The molecule has 1 aliphatic carbocycles. The lowest BCUT2D eigenvalue weighted by molar-refractivity contribution is -0.135. The first-order valence-corrected chi connectivity index (χ1v) is 14.7. The van der Waals surface area contributed by atoms with E-state index in [0.717, 1.165) is 31.4 Å². The van der Waals surface area contributed by atoms with E-state index in [1.165, 1.54) is 30.6 Å². The fourth-order valence-corrected chi connectivity index (χ4v) is 8.26.